The standard InChI is InChI=1S/C28H27F6N3O3/c1-3-23(38)26(37-17-35-36-24(37)39)11-9-25(10-12-26,20-7-5-4-6-8-20)16-40-18(2)19-13-21(27(29,30)31)15-22(14-19)28(32,33)34/h3-8,13-15,17-18H,1,9-12,16H2,2H3,(H,36,39)/t18-,25-,26+/m1/s1. The van der Waals surface area contributed by atoms with Gasteiger partial charge in [-0.1, -0.05) is 36.9 Å². The zero-order chi connectivity index (χ0) is 29.3. The summed E-state index contributed by atoms with van der Waals surface area (Å²) in [7, 11) is 0. The zero-order valence-electron chi connectivity index (χ0n) is 21.5. The molecule has 1 aliphatic carbocycles. The SMILES string of the molecule is C=CC(=O)[C@]1(n2cn[nH]c2=O)CC[C@@](CO[C@H](C)c2cc(C(F)(F)F)cc(C(F)(F)F)c2)(c2ccccc2)CC1. The predicted molar refractivity (Wildman–Crippen MR) is 133 cm³/mol. The Morgan fingerprint density at radius 3 is 2.10 bits per heavy atom. The van der Waals surface area contributed by atoms with E-state index in [0.717, 1.165) is 11.6 Å². The molecule has 0 amide bonds. The van der Waals surface area contributed by atoms with Crippen LogP contribution in [-0.2, 0) is 32.8 Å². The van der Waals surface area contributed by atoms with Gasteiger partial charge >= 0.3 is 18.0 Å². The van der Waals surface area contributed by atoms with E-state index in [1.807, 2.05) is 12.1 Å². The number of rotatable bonds is 8. The highest BCUT2D eigenvalue weighted by atomic mass is 19.4. The van der Waals surface area contributed by atoms with E-state index in [1.165, 1.54) is 17.8 Å². The quantitative estimate of drug-likeness (QED) is 0.254. The molecule has 4 rings (SSSR count). The number of ketones is 1. The minimum absolute atomic E-state index is 0.0472. The Kier molecular flexibility index (Phi) is 7.85. The molecule has 1 atom stereocenters. The molecule has 0 spiro atoms. The lowest BCUT2D eigenvalue weighted by atomic mass is 9.63. The summed E-state index contributed by atoms with van der Waals surface area (Å²) in [5.74, 6) is -0.365. The lowest BCUT2D eigenvalue weighted by Crippen LogP contribution is -2.52. The molecular formula is C28H27F6N3O3. The molecule has 214 valence electrons. The first-order valence-corrected chi connectivity index (χ1v) is 12.5. The van der Waals surface area contributed by atoms with E-state index in [1.54, 1.807) is 18.2 Å². The van der Waals surface area contributed by atoms with Gasteiger partial charge in [-0.25, -0.2) is 9.89 Å². The zero-order valence-corrected chi connectivity index (χ0v) is 21.5. The third-order valence-electron chi connectivity index (χ3n) is 7.77. The lowest BCUT2D eigenvalue weighted by Gasteiger charge is -2.46. The van der Waals surface area contributed by atoms with E-state index in [0.29, 0.717) is 25.0 Å². The molecular weight excluding hydrogens is 540 g/mol. The summed E-state index contributed by atoms with van der Waals surface area (Å²) in [6, 6.07) is 10.5. The Labute approximate surface area is 225 Å². The molecule has 1 aliphatic rings. The highest BCUT2D eigenvalue weighted by Crippen LogP contribution is 2.47. The van der Waals surface area contributed by atoms with Crippen LogP contribution in [0.5, 0.6) is 0 Å². The summed E-state index contributed by atoms with van der Waals surface area (Å²) in [5.41, 5.74) is -4.79. The number of hydrogen-bond acceptors (Lipinski definition) is 4. The minimum atomic E-state index is -4.98. The van der Waals surface area contributed by atoms with Crippen LogP contribution in [0.3, 0.4) is 0 Å². The average Bonchev–Trinajstić information content (AvgIpc) is 3.37. The Morgan fingerprint density at radius 1 is 1.05 bits per heavy atom. The molecule has 0 radical (unpaired) electrons. The van der Waals surface area contributed by atoms with Gasteiger partial charge in [0.2, 0.25) is 0 Å². The number of alkyl halides is 6. The van der Waals surface area contributed by atoms with Crippen LogP contribution in [0.25, 0.3) is 0 Å². The fraction of sp³-hybridized carbons (Fsp3) is 0.393. The summed E-state index contributed by atoms with van der Waals surface area (Å²) < 4.78 is 87.6. The van der Waals surface area contributed by atoms with Crippen molar-refractivity contribution >= 4 is 5.78 Å². The molecule has 6 nitrogen and oxygen atoms in total. The number of carbonyl (C=O) groups is 1. The first kappa shape index (κ1) is 29.3. The molecule has 1 aromatic heterocycles. The van der Waals surface area contributed by atoms with E-state index < -0.39 is 46.2 Å². The van der Waals surface area contributed by atoms with Gasteiger partial charge in [-0.15, -0.1) is 0 Å². The van der Waals surface area contributed by atoms with E-state index in [-0.39, 0.29) is 36.9 Å². The van der Waals surface area contributed by atoms with Crippen molar-refractivity contribution in [1.82, 2.24) is 14.8 Å². The second kappa shape index (κ2) is 10.7. The summed E-state index contributed by atoms with van der Waals surface area (Å²) in [4.78, 5) is 25.4. The molecule has 0 bridgehead atoms. The van der Waals surface area contributed by atoms with Crippen LogP contribution >= 0.6 is 0 Å². The maximum absolute atomic E-state index is 13.4. The van der Waals surface area contributed by atoms with Crippen LogP contribution in [0.4, 0.5) is 26.3 Å². The molecule has 0 unspecified atom stereocenters. The van der Waals surface area contributed by atoms with Crippen molar-refractivity contribution in [3.05, 3.63) is 100 Å². The van der Waals surface area contributed by atoms with Crippen molar-refractivity contribution in [2.45, 2.75) is 62.0 Å². The molecule has 0 saturated heterocycles. The highest BCUT2D eigenvalue weighted by molar-refractivity contribution is 5.96. The van der Waals surface area contributed by atoms with Gasteiger partial charge in [-0.05, 0) is 68.0 Å². The third-order valence-corrected chi connectivity index (χ3v) is 7.77. The maximum atomic E-state index is 13.4. The van der Waals surface area contributed by atoms with Gasteiger partial charge in [-0.2, -0.15) is 31.4 Å². The van der Waals surface area contributed by atoms with Gasteiger partial charge < -0.3 is 4.74 Å². The molecule has 1 N–H and O–H groups in total. The number of nitrogens with zero attached hydrogens (tertiary/aromatic N) is 2. The lowest BCUT2D eigenvalue weighted by molar-refractivity contribution is -0.143. The number of hydrogen-bond donors (Lipinski definition) is 1. The number of carbonyl (C=O) groups excluding carboxylic acids is 1. The number of aromatic amines is 1. The number of aromatic nitrogens is 3. The van der Waals surface area contributed by atoms with Crippen molar-refractivity contribution in [2.75, 3.05) is 6.61 Å². The van der Waals surface area contributed by atoms with Crippen molar-refractivity contribution in [1.29, 1.82) is 0 Å². The topological polar surface area (TPSA) is 77.0 Å². The van der Waals surface area contributed by atoms with Gasteiger partial charge in [0.05, 0.1) is 23.8 Å². The molecule has 0 aliphatic heterocycles. The molecule has 2 aromatic carbocycles. The smallest absolute Gasteiger partial charge is 0.373 e. The van der Waals surface area contributed by atoms with Gasteiger partial charge in [-0.3, -0.25) is 9.36 Å². The monoisotopic (exact) mass is 567 g/mol. The Balaban J connectivity index is 1.66. The maximum Gasteiger partial charge on any atom is 0.416 e. The summed E-state index contributed by atoms with van der Waals surface area (Å²) in [6.07, 6.45) is -7.59. The van der Waals surface area contributed by atoms with Crippen molar-refractivity contribution in [2.24, 2.45) is 0 Å². The number of nitrogens with one attached hydrogen (secondary N) is 1. The highest BCUT2D eigenvalue weighted by Gasteiger charge is 2.49. The molecule has 1 fully saturated rings. The Morgan fingerprint density at radius 2 is 1.62 bits per heavy atom. The van der Waals surface area contributed by atoms with Crippen LogP contribution in [0.15, 0.2) is 72.3 Å². The van der Waals surface area contributed by atoms with E-state index in [9.17, 15) is 35.9 Å². The molecule has 3 aromatic rings. The number of halogens is 6. The van der Waals surface area contributed by atoms with Gasteiger partial charge in [0.25, 0.3) is 0 Å². The van der Waals surface area contributed by atoms with Crippen molar-refractivity contribution in [3.8, 4) is 0 Å². The number of allylic oxidation sites excluding steroid dienone is 1. The molecule has 40 heavy (non-hydrogen) atoms. The summed E-state index contributed by atoms with van der Waals surface area (Å²) >= 11 is 0. The number of ether oxygens (including phenoxy) is 1. The van der Waals surface area contributed by atoms with Crippen LogP contribution < -0.4 is 5.69 Å². The average molecular weight is 568 g/mol. The molecule has 1 saturated carbocycles. The fourth-order valence-electron chi connectivity index (χ4n) is 5.39. The largest absolute Gasteiger partial charge is 0.416 e. The van der Waals surface area contributed by atoms with E-state index >= 15 is 0 Å². The second-order valence-corrected chi connectivity index (χ2v) is 10.1. The first-order valence-electron chi connectivity index (χ1n) is 12.5. The molecule has 1 heterocycles. The second-order valence-electron chi connectivity index (χ2n) is 10.1. The first-order chi connectivity index (χ1) is 18.7. The number of H-pyrrole nitrogens is 1. The number of benzene rings is 2. The summed E-state index contributed by atoms with van der Waals surface area (Å²) in [5, 5.41) is 6.05. The summed E-state index contributed by atoms with van der Waals surface area (Å²) in [6.45, 7) is 4.93. The van der Waals surface area contributed by atoms with Crippen molar-refractivity contribution in [3.63, 3.8) is 0 Å². The van der Waals surface area contributed by atoms with E-state index in [2.05, 4.69) is 16.8 Å². The van der Waals surface area contributed by atoms with Gasteiger partial charge in [0.1, 0.15) is 11.9 Å². The van der Waals surface area contributed by atoms with E-state index in [4.69, 9.17) is 4.74 Å². The van der Waals surface area contributed by atoms with Crippen molar-refractivity contribution < 1.29 is 35.9 Å². The Hall–Kier alpha value is -3.67. The van der Waals surface area contributed by atoms with Gasteiger partial charge in [0.15, 0.2) is 5.78 Å². The van der Waals surface area contributed by atoms with Crippen LogP contribution in [0.1, 0.15) is 61.0 Å². The van der Waals surface area contributed by atoms with Crippen LogP contribution in [-0.4, -0.2) is 27.2 Å². The van der Waals surface area contributed by atoms with Crippen LogP contribution in [0.2, 0.25) is 0 Å². The molecule has 12 heteroatoms. The third kappa shape index (κ3) is 5.63. The minimum Gasteiger partial charge on any atom is -0.373 e. The predicted octanol–water partition coefficient (Wildman–Crippen LogP) is 6.35. The Bertz CT molecular complexity index is 1390. The van der Waals surface area contributed by atoms with Gasteiger partial charge in [0, 0.05) is 5.41 Å². The fourth-order valence-corrected chi connectivity index (χ4v) is 5.39. The normalized spacial score (nSPS) is 22.6. The van der Waals surface area contributed by atoms with Crippen LogP contribution in [0, 0.1) is 0 Å².